The van der Waals surface area contributed by atoms with E-state index in [-0.39, 0.29) is 5.41 Å². The third kappa shape index (κ3) is 2.24. The average Bonchev–Trinajstić information content (AvgIpc) is 3.43. The molecule has 3 heteroatoms. The van der Waals surface area contributed by atoms with Gasteiger partial charge >= 0.3 is 0 Å². The van der Waals surface area contributed by atoms with Gasteiger partial charge in [0.05, 0.1) is 16.9 Å². The second kappa shape index (κ2) is 6.48. The average molecular weight is 420 g/mol. The van der Waals surface area contributed by atoms with Gasteiger partial charge in [0.1, 0.15) is 11.3 Å². The van der Waals surface area contributed by atoms with Crippen LogP contribution < -0.4 is 4.90 Å². The molecule has 0 radical (unpaired) electrons. The summed E-state index contributed by atoms with van der Waals surface area (Å²) in [5, 5.41) is 0. The summed E-state index contributed by atoms with van der Waals surface area (Å²) in [6.45, 7) is 4.72. The summed E-state index contributed by atoms with van der Waals surface area (Å²) in [6, 6.07) is 22.9. The van der Waals surface area contributed by atoms with E-state index in [9.17, 15) is 0 Å². The van der Waals surface area contributed by atoms with E-state index in [1.54, 1.807) is 5.56 Å². The van der Waals surface area contributed by atoms with Gasteiger partial charge in [0, 0.05) is 23.6 Å². The van der Waals surface area contributed by atoms with Crippen LogP contribution >= 0.6 is 0 Å². The number of benzene rings is 3. The van der Waals surface area contributed by atoms with Crippen LogP contribution in [0.3, 0.4) is 0 Å². The second-order valence-corrected chi connectivity index (χ2v) is 10.0. The molecule has 1 fully saturated rings. The molecule has 0 saturated heterocycles. The Morgan fingerprint density at radius 3 is 2.47 bits per heavy atom. The van der Waals surface area contributed by atoms with Crippen molar-refractivity contribution in [1.82, 2.24) is 9.55 Å². The first-order chi connectivity index (χ1) is 15.7. The summed E-state index contributed by atoms with van der Waals surface area (Å²) in [6.07, 6.45) is 7.56. The van der Waals surface area contributed by atoms with Gasteiger partial charge in [0.15, 0.2) is 0 Å². The van der Waals surface area contributed by atoms with Gasteiger partial charge in [-0.3, -0.25) is 4.57 Å². The van der Waals surface area contributed by atoms with E-state index >= 15 is 0 Å². The van der Waals surface area contributed by atoms with Crippen molar-refractivity contribution >= 4 is 22.4 Å². The van der Waals surface area contributed by atoms with Gasteiger partial charge in [-0.2, -0.15) is 0 Å². The Kier molecular flexibility index (Phi) is 3.74. The molecule has 3 heterocycles. The molecule has 1 unspecified atom stereocenters. The fraction of sp³-hybridized carbons (Fsp3) is 0.345. The van der Waals surface area contributed by atoms with Crippen LogP contribution in [0.1, 0.15) is 61.5 Å². The first kappa shape index (κ1) is 18.5. The molecular formula is C29H29N3. The maximum atomic E-state index is 5.28. The molecule has 0 amide bonds. The van der Waals surface area contributed by atoms with Crippen molar-refractivity contribution in [1.29, 1.82) is 0 Å². The minimum Gasteiger partial charge on any atom is -0.335 e. The van der Waals surface area contributed by atoms with Crippen LogP contribution in [0.15, 0.2) is 60.7 Å². The third-order valence-corrected chi connectivity index (χ3v) is 8.53. The Hall–Kier alpha value is -3.07. The number of para-hydroxylation sites is 2. The molecule has 0 N–H and O–H groups in total. The van der Waals surface area contributed by atoms with Gasteiger partial charge in [-0.05, 0) is 61.6 Å². The molecule has 7 rings (SSSR count). The number of hydrogen-bond donors (Lipinski definition) is 0. The molecule has 0 bridgehead atoms. The standard InChI is InChI=1S/C29H29N3/c1-19-14-15-25-27(30-26-18-21-10-4-6-12-23(21)32(25)26)28(19)31-20(2)29(16-8-3-9-17-29)22-11-5-7-13-24(22)31/h4-7,10-15,20H,3,8-9,16-18H2,1-2H3. The number of rotatable bonds is 1. The Morgan fingerprint density at radius 2 is 1.62 bits per heavy atom. The highest BCUT2D eigenvalue weighted by Gasteiger charge is 2.49. The predicted molar refractivity (Wildman–Crippen MR) is 131 cm³/mol. The molecule has 3 aliphatic rings. The highest BCUT2D eigenvalue weighted by Crippen LogP contribution is 2.56. The van der Waals surface area contributed by atoms with Gasteiger partial charge in [-0.25, -0.2) is 4.98 Å². The number of hydrogen-bond acceptors (Lipinski definition) is 2. The zero-order valence-corrected chi connectivity index (χ0v) is 18.9. The van der Waals surface area contributed by atoms with Gasteiger partial charge in [0.2, 0.25) is 0 Å². The molecule has 2 aliphatic heterocycles. The van der Waals surface area contributed by atoms with Crippen LogP contribution in [0, 0.1) is 6.92 Å². The minimum absolute atomic E-state index is 0.262. The number of imidazole rings is 1. The minimum atomic E-state index is 0.262. The molecule has 3 aromatic carbocycles. The molecule has 1 spiro atoms. The Bertz CT molecular complexity index is 1370. The molecule has 1 aliphatic carbocycles. The lowest BCUT2D eigenvalue weighted by Gasteiger charge is -2.40. The van der Waals surface area contributed by atoms with E-state index in [1.165, 1.54) is 71.6 Å². The highest BCUT2D eigenvalue weighted by atomic mass is 15.2. The number of aromatic nitrogens is 2. The normalized spacial score (nSPS) is 20.6. The van der Waals surface area contributed by atoms with E-state index in [4.69, 9.17) is 4.98 Å². The number of anilines is 2. The fourth-order valence-electron chi connectivity index (χ4n) is 6.99. The number of nitrogens with zero attached hydrogens (tertiary/aromatic N) is 3. The topological polar surface area (TPSA) is 21.1 Å². The maximum absolute atomic E-state index is 5.28. The molecule has 32 heavy (non-hydrogen) atoms. The van der Waals surface area contributed by atoms with Crippen molar-refractivity contribution in [2.45, 2.75) is 63.8 Å². The molecule has 1 atom stereocenters. The van der Waals surface area contributed by atoms with Crippen LogP contribution in [-0.4, -0.2) is 15.6 Å². The first-order valence-corrected chi connectivity index (χ1v) is 12.2. The monoisotopic (exact) mass is 419 g/mol. The van der Waals surface area contributed by atoms with Crippen molar-refractivity contribution in [3.8, 4) is 5.69 Å². The molecule has 160 valence electrons. The zero-order valence-electron chi connectivity index (χ0n) is 18.9. The second-order valence-electron chi connectivity index (χ2n) is 10.0. The SMILES string of the molecule is Cc1ccc2c(nc3n2-c2ccccc2C3)c1N1c2ccccc2C2(CCCCC2)C1C. The van der Waals surface area contributed by atoms with Gasteiger partial charge in [-0.15, -0.1) is 0 Å². The zero-order chi connectivity index (χ0) is 21.4. The fourth-order valence-corrected chi connectivity index (χ4v) is 6.99. The Morgan fingerprint density at radius 1 is 0.875 bits per heavy atom. The summed E-state index contributed by atoms with van der Waals surface area (Å²) in [5.74, 6) is 1.17. The smallest absolute Gasteiger partial charge is 0.119 e. The van der Waals surface area contributed by atoms with Crippen LogP contribution in [0.4, 0.5) is 11.4 Å². The predicted octanol–water partition coefficient (Wildman–Crippen LogP) is 6.98. The van der Waals surface area contributed by atoms with Crippen LogP contribution in [0.2, 0.25) is 0 Å². The quantitative estimate of drug-likeness (QED) is 0.292. The van der Waals surface area contributed by atoms with E-state index in [2.05, 4.69) is 84.0 Å². The molecule has 4 aromatic rings. The molecule has 1 saturated carbocycles. The maximum Gasteiger partial charge on any atom is 0.119 e. The summed E-state index contributed by atoms with van der Waals surface area (Å²) in [7, 11) is 0. The lowest BCUT2D eigenvalue weighted by atomic mass is 9.67. The molecule has 3 nitrogen and oxygen atoms in total. The van der Waals surface area contributed by atoms with E-state index < -0.39 is 0 Å². The van der Waals surface area contributed by atoms with E-state index in [0.29, 0.717) is 6.04 Å². The Labute approximate surface area is 189 Å². The summed E-state index contributed by atoms with van der Waals surface area (Å²) in [5.41, 5.74) is 10.9. The van der Waals surface area contributed by atoms with Gasteiger partial charge in [0.25, 0.3) is 0 Å². The van der Waals surface area contributed by atoms with E-state index in [0.717, 1.165) is 11.9 Å². The van der Waals surface area contributed by atoms with Crippen LogP contribution in [0.5, 0.6) is 0 Å². The van der Waals surface area contributed by atoms with Crippen molar-refractivity contribution < 1.29 is 0 Å². The lowest BCUT2D eigenvalue weighted by Crippen LogP contribution is -2.42. The first-order valence-electron chi connectivity index (χ1n) is 12.2. The lowest BCUT2D eigenvalue weighted by molar-refractivity contribution is 0.268. The van der Waals surface area contributed by atoms with Gasteiger partial charge < -0.3 is 4.90 Å². The molecule has 1 aromatic heterocycles. The largest absolute Gasteiger partial charge is 0.335 e. The van der Waals surface area contributed by atoms with Crippen molar-refractivity contribution in [2.75, 3.05) is 4.90 Å². The van der Waals surface area contributed by atoms with Crippen molar-refractivity contribution in [3.05, 3.63) is 83.2 Å². The summed E-state index contributed by atoms with van der Waals surface area (Å²) >= 11 is 0. The van der Waals surface area contributed by atoms with Crippen molar-refractivity contribution in [2.24, 2.45) is 0 Å². The highest BCUT2D eigenvalue weighted by molar-refractivity contribution is 5.96. The van der Waals surface area contributed by atoms with E-state index in [1.807, 2.05) is 0 Å². The van der Waals surface area contributed by atoms with Gasteiger partial charge in [-0.1, -0.05) is 61.7 Å². The van der Waals surface area contributed by atoms with Crippen LogP contribution in [-0.2, 0) is 11.8 Å². The number of fused-ring (bicyclic) bond motifs is 7. The summed E-state index contributed by atoms with van der Waals surface area (Å²) in [4.78, 5) is 7.92. The van der Waals surface area contributed by atoms with Crippen molar-refractivity contribution in [3.63, 3.8) is 0 Å². The summed E-state index contributed by atoms with van der Waals surface area (Å²) < 4.78 is 2.39. The molecular weight excluding hydrogens is 390 g/mol. The Balaban J connectivity index is 1.48. The van der Waals surface area contributed by atoms with Crippen LogP contribution in [0.25, 0.3) is 16.7 Å². The third-order valence-electron chi connectivity index (χ3n) is 8.53. The number of aryl methyl sites for hydroxylation is 1.